The second-order valence-corrected chi connectivity index (χ2v) is 4.60. The van der Waals surface area contributed by atoms with Crippen molar-refractivity contribution < 1.29 is 5.11 Å². The fourth-order valence-electron chi connectivity index (χ4n) is 1.86. The molecule has 0 aliphatic rings. The zero-order chi connectivity index (χ0) is 12.0. The van der Waals surface area contributed by atoms with E-state index >= 15 is 0 Å². The highest BCUT2D eigenvalue weighted by atomic mass is 16.3. The number of likely N-dealkylation sites (N-methyl/N-ethyl adjacent to an activating group) is 1. The van der Waals surface area contributed by atoms with Gasteiger partial charge in [-0.3, -0.25) is 0 Å². The van der Waals surface area contributed by atoms with Crippen molar-refractivity contribution in [2.24, 2.45) is 0 Å². The van der Waals surface area contributed by atoms with Gasteiger partial charge in [-0.05, 0) is 37.9 Å². The van der Waals surface area contributed by atoms with Crippen LogP contribution in [0.3, 0.4) is 0 Å². The Morgan fingerprint density at radius 1 is 1.25 bits per heavy atom. The summed E-state index contributed by atoms with van der Waals surface area (Å²) >= 11 is 0. The van der Waals surface area contributed by atoms with E-state index in [0.717, 1.165) is 12.0 Å². The molecule has 2 nitrogen and oxygen atoms in total. The average Bonchev–Trinajstić information content (AvgIpc) is 2.27. The van der Waals surface area contributed by atoms with Crippen LogP contribution in [0, 0.1) is 0 Å². The summed E-state index contributed by atoms with van der Waals surface area (Å²) in [5.74, 6) is 0. The molecule has 0 aliphatic carbocycles. The van der Waals surface area contributed by atoms with Gasteiger partial charge in [0.05, 0.1) is 5.60 Å². The van der Waals surface area contributed by atoms with Crippen molar-refractivity contribution in [3.8, 4) is 0 Å². The fraction of sp³-hybridized carbons (Fsp3) is 0.571. The molecule has 1 rings (SSSR count). The minimum atomic E-state index is -0.780. The SMILES string of the molecule is CCCCc1ccc(C(C)(O)CNC)cc1. The Labute approximate surface area is 98.7 Å². The van der Waals surface area contributed by atoms with Crippen molar-refractivity contribution in [3.63, 3.8) is 0 Å². The lowest BCUT2D eigenvalue weighted by molar-refractivity contribution is 0.0591. The van der Waals surface area contributed by atoms with Crippen molar-refractivity contribution in [1.82, 2.24) is 5.32 Å². The topological polar surface area (TPSA) is 32.3 Å². The highest BCUT2D eigenvalue weighted by Gasteiger charge is 2.21. The summed E-state index contributed by atoms with van der Waals surface area (Å²) in [6.07, 6.45) is 3.58. The van der Waals surface area contributed by atoms with E-state index in [0.29, 0.717) is 6.54 Å². The molecule has 0 aliphatic heterocycles. The van der Waals surface area contributed by atoms with Crippen LogP contribution in [0.5, 0.6) is 0 Å². The maximum atomic E-state index is 10.2. The zero-order valence-electron chi connectivity index (χ0n) is 10.6. The van der Waals surface area contributed by atoms with Crippen LogP contribution in [0.1, 0.15) is 37.8 Å². The van der Waals surface area contributed by atoms with Gasteiger partial charge in [-0.1, -0.05) is 37.6 Å². The fourth-order valence-corrected chi connectivity index (χ4v) is 1.86. The molecule has 0 spiro atoms. The van der Waals surface area contributed by atoms with E-state index in [4.69, 9.17) is 0 Å². The van der Waals surface area contributed by atoms with Crippen LogP contribution in [-0.2, 0) is 12.0 Å². The van der Waals surface area contributed by atoms with Gasteiger partial charge in [0.25, 0.3) is 0 Å². The Balaban J connectivity index is 2.70. The molecular formula is C14H23NO. The molecule has 2 heteroatoms. The van der Waals surface area contributed by atoms with Crippen LogP contribution < -0.4 is 5.32 Å². The van der Waals surface area contributed by atoms with Crippen molar-refractivity contribution >= 4 is 0 Å². The van der Waals surface area contributed by atoms with Crippen LogP contribution in [0.25, 0.3) is 0 Å². The molecule has 0 bridgehead atoms. The number of hydrogen-bond donors (Lipinski definition) is 2. The summed E-state index contributed by atoms with van der Waals surface area (Å²) in [4.78, 5) is 0. The molecule has 0 heterocycles. The maximum absolute atomic E-state index is 10.2. The molecule has 1 aromatic carbocycles. The van der Waals surface area contributed by atoms with E-state index in [1.54, 1.807) is 0 Å². The summed E-state index contributed by atoms with van der Waals surface area (Å²) in [5.41, 5.74) is 1.55. The van der Waals surface area contributed by atoms with E-state index in [-0.39, 0.29) is 0 Å². The van der Waals surface area contributed by atoms with Crippen LogP contribution in [0.15, 0.2) is 24.3 Å². The first-order valence-corrected chi connectivity index (χ1v) is 6.06. The third-order valence-corrected chi connectivity index (χ3v) is 2.92. The highest BCUT2D eigenvalue weighted by Crippen LogP contribution is 2.20. The first-order valence-electron chi connectivity index (χ1n) is 6.06. The zero-order valence-corrected chi connectivity index (χ0v) is 10.6. The van der Waals surface area contributed by atoms with E-state index in [2.05, 4.69) is 24.4 Å². The van der Waals surface area contributed by atoms with E-state index in [1.165, 1.54) is 18.4 Å². The summed E-state index contributed by atoms with van der Waals surface area (Å²) in [5, 5.41) is 13.2. The van der Waals surface area contributed by atoms with Gasteiger partial charge in [0, 0.05) is 6.54 Å². The van der Waals surface area contributed by atoms with Gasteiger partial charge in [0.15, 0.2) is 0 Å². The van der Waals surface area contributed by atoms with Gasteiger partial charge in [0.1, 0.15) is 0 Å². The third kappa shape index (κ3) is 3.62. The normalized spacial score (nSPS) is 14.8. The largest absolute Gasteiger partial charge is 0.384 e. The van der Waals surface area contributed by atoms with E-state index in [1.807, 2.05) is 26.1 Å². The standard InChI is InChI=1S/C14H23NO/c1-4-5-6-12-7-9-13(10-8-12)14(2,16)11-15-3/h7-10,15-16H,4-6,11H2,1-3H3. The first-order chi connectivity index (χ1) is 7.60. The molecule has 90 valence electrons. The molecule has 16 heavy (non-hydrogen) atoms. The van der Waals surface area contributed by atoms with Gasteiger partial charge < -0.3 is 10.4 Å². The summed E-state index contributed by atoms with van der Waals surface area (Å²) in [6, 6.07) is 8.30. The summed E-state index contributed by atoms with van der Waals surface area (Å²) in [7, 11) is 1.85. The lowest BCUT2D eigenvalue weighted by Crippen LogP contribution is -2.33. The minimum absolute atomic E-state index is 0.571. The molecule has 0 amide bonds. The molecule has 1 aromatic rings. The molecule has 0 saturated carbocycles. The highest BCUT2D eigenvalue weighted by molar-refractivity contribution is 5.27. The number of aliphatic hydroxyl groups is 1. The number of nitrogens with one attached hydrogen (secondary N) is 1. The van der Waals surface area contributed by atoms with Crippen LogP contribution in [0.4, 0.5) is 0 Å². The molecule has 2 N–H and O–H groups in total. The Bertz CT molecular complexity index is 303. The van der Waals surface area contributed by atoms with Crippen molar-refractivity contribution in [2.45, 2.75) is 38.7 Å². The minimum Gasteiger partial charge on any atom is -0.384 e. The Hall–Kier alpha value is -0.860. The Morgan fingerprint density at radius 2 is 1.88 bits per heavy atom. The molecular weight excluding hydrogens is 198 g/mol. The van der Waals surface area contributed by atoms with Gasteiger partial charge >= 0.3 is 0 Å². The number of rotatable bonds is 6. The van der Waals surface area contributed by atoms with Crippen molar-refractivity contribution in [2.75, 3.05) is 13.6 Å². The number of unbranched alkanes of at least 4 members (excludes halogenated alkanes) is 1. The summed E-state index contributed by atoms with van der Waals surface area (Å²) in [6.45, 7) is 4.61. The van der Waals surface area contributed by atoms with E-state index in [9.17, 15) is 5.11 Å². The quantitative estimate of drug-likeness (QED) is 0.773. The van der Waals surface area contributed by atoms with Crippen LogP contribution in [-0.4, -0.2) is 18.7 Å². The molecule has 0 saturated heterocycles. The molecule has 1 atom stereocenters. The second-order valence-electron chi connectivity index (χ2n) is 4.60. The summed E-state index contributed by atoms with van der Waals surface area (Å²) < 4.78 is 0. The Morgan fingerprint density at radius 3 is 2.38 bits per heavy atom. The van der Waals surface area contributed by atoms with Crippen molar-refractivity contribution in [1.29, 1.82) is 0 Å². The van der Waals surface area contributed by atoms with Crippen LogP contribution >= 0.6 is 0 Å². The predicted molar refractivity (Wildman–Crippen MR) is 68.6 cm³/mol. The number of aryl methyl sites for hydroxylation is 1. The molecule has 1 unspecified atom stereocenters. The Kier molecular flexibility index (Phi) is 4.97. The average molecular weight is 221 g/mol. The lowest BCUT2D eigenvalue weighted by Gasteiger charge is -2.23. The van der Waals surface area contributed by atoms with Crippen LogP contribution in [0.2, 0.25) is 0 Å². The van der Waals surface area contributed by atoms with Gasteiger partial charge in [-0.2, -0.15) is 0 Å². The monoisotopic (exact) mass is 221 g/mol. The van der Waals surface area contributed by atoms with Gasteiger partial charge in [0.2, 0.25) is 0 Å². The number of hydrogen-bond acceptors (Lipinski definition) is 2. The molecule has 0 aromatic heterocycles. The molecule has 0 fully saturated rings. The first kappa shape index (κ1) is 13.2. The van der Waals surface area contributed by atoms with E-state index < -0.39 is 5.60 Å². The molecule has 0 radical (unpaired) electrons. The number of benzene rings is 1. The third-order valence-electron chi connectivity index (χ3n) is 2.92. The second kappa shape index (κ2) is 6.02. The predicted octanol–water partition coefficient (Wildman–Crippen LogP) is 2.46. The smallest absolute Gasteiger partial charge is 0.0992 e. The maximum Gasteiger partial charge on any atom is 0.0992 e. The van der Waals surface area contributed by atoms with Gasteiger partial charge in [-0.25, -0.2) is 0 Å². The van der Waals surface area contributed by atoms with Crippen molar-refractivity contribution in [3.05, 3.63) is 35.4 Å². The lowest BCUT2D eigenvalue weighted by atomic mass is 9.94. The van der Waals surface area contributed by atoms with Gasteiger partial charge in [-0.15, -0.1) is 0 Å².